The first kappa shape index (κ1) is 20.8. The minimum absolute atomic E-state index is 0.149. The zero-order valence-corrected chi connectivity index (χ0v) is 14.9. The van der Waals surface area contributed by atoms with Crippen LogP contribution in [0.4, 0.5) is 28.6 Å². The third-order valence-electron chi connectivity index (χ3n) is 1.70. The van der Waals surface area contributed by atoms with E-state index in [9.17, 15) is 22.5 Å². The van der Waals surface area contributed by atoms with Crippen LogP contribution in [-0.4, -0.2) is 17.7 Å². The maximum Gasteiger partial charge on any atom is 0.673 e. The second-order valence-corrected chi connectivity index (χ2v) is 6.66. The first-order chi connectivity index (χ1) is 9.74. The summed E-state index contributed by atoms with van der Waals surface area (Å²) in [6.45, 7) is 5.42. The van der Waals surface area contributed by atoms with Crippen LogP contribution < -0.4 is 0 Å². The highest BCUT2D eigenvalue weighted by Crippen LogP contribution is 2.38. The van der Waals surface area contributed by atoms with E-state index in [1.54, 1.807) is 32.9 Å². The summed E-state index contributed by atoms with van der Waals surface area (Å²) in [5.74, 6) is 0. The highest BCUT2D eigenvalue weighted by molar-refractivity contribution is 9.11. The SMILES string of the molecule is CC(C)(C)N=[N+]([O-])c1cc(Br)cc(Br)c1[N+]#N.F[B-](F)(F)F. The molecule has 12 heteroatoms. The molecule has 5 nitrogen and oxygen atoms in total. The van der Waals surface area contributed by atoms with Crippen molar-refractivity contribution in [3.8, 4) is 0 Å². The van der Waals surface area contributed by atoms with Gasteiger partial charge in [0.25, 0.3) is 0 Å². The predicted molar refractivity (Wildman–Crippen MR) is 82.2 cm³/mol. The molecule has 1 aromatic rings. The molecule has 122 valence electrons. The molecule has 0 aliphatic carbocycles. The fraction of sp³-hybridized carbons (Fsp3) is 0.400. The third kappa shape index (κ3) is 8.94. The predicted octanol–water partition coefficient (Wildman–Crippen LogP) is 6.39. The van der Waals surface area contributed by atoms with Gasteiger partial charge >= 0.3 is 18.6 Å². The molecule has 0 radical (unpaired) electrons. The van der Waals surface area contributed by atoms with Gasteiger partial charge in [0.2, 0.25) is 5.39 Å². The molecule has 0 bridgehead atoms. The van der Waals surface area contributed by atoms with Crippen molar-refractivity contribution in [2.45, 2.75) is 26.3 Å². The molecule has 0 heterocycles. The van der Waals surface area contributed by atoms with Crippen molar-refractivity contribution >= 4 is 50.5 Å². The molecule has 0 N–H and O–H groups in total. The Labute approximate surface area is 141 Å². The summed E-state index contributed by atoms with van der Waals surface area (Å²) in [5.41, 5.74) is -0.191. The monoisotopic (exact) mass is 448 g/mol. The molecule has 0 saturated carbocycles. The van der Waals surface area contributed by atoms with Crippen molar-refractivity contribution in [1.29, 1.82) is 5.39 Å². The summed E-state index contributed by atoms with van der Waals surface area (Å²) in [6, 6.07) is 3.23. The molecule has 1 rings (SSSR count). The lowest BCUT2D eigenvalue weighted by molar-refractivity contribution is -0.448. The van der Waals surface area contributed by atoms with Gasteiger partial charge in [0.1, 0.15) is 10.0 Å². The van der Waals surface area contributed by atoms with Crippen LogP contribution in [0.2, 0.25) is 0 Å². The molecule has 0 unspecified atom stereocenters. The van der Waals surface area contributed by atoms with Crippen molar-refractivity contribution in [1.82, 2.24) is 0 Å². The number of halogens is 6. The van der Waals surface area contributed by atoms with Gasteiger partial charge in [-0.1, -0.05) is 15.9 Å². The Morgan fingerprint density at radius 2 is 1.68 bits per heavy atom. The lowest BCUT2D eigenvalue weighted by atomic mass is 10.1. The maximum atomic E-state index is 11.9. The van der Waals surface area contributed by atoms with Crippen LogP contribution in [0.25, 0.3) is 4.98 Å². The number of hydrogen-bond acceptors (Lipinski definition) is 3. The van der Waals surface area contributed by atoms with Crippen molar-refractivity contribution in [2.75, 3.05) is 0 Å². The minimum Gasteiger partial charge on any atom is -0.594 e. The lowest BCUT2D eigenvalue weighted by Crippen LogP contribution is -2.13. The molecule has 0 saturated heterocycles. The van der Waals surface area contributed by atoms with Crippen LogP contribution in [0.1, 0.15) is 20.8 Å². The van der Waals surface area contributed by atoms with Gasteiger partial charge in [-0.25, -0.2) is 0 Å². The van der Waals surface area contributed by atoms with Crippen LogP contribution in [0.3, 0.4) is 0 Å². The summed E-state index contributed by atoms with van der Waals surface area (Å²) in [5, 5.41) is 24.7. The minimum atomic E-state index is -6.00. The zero-order valence-electron chi connectivity index (χ0n) is 11.7. The molecule has 0 aliphatic heterocycles. The number of diazo groups is 1. The molecule has 0 aromatic heterocycles. The number of rotatable bonds is 1. The molecule has 0 aliphatic rings. The Kier molecular flexibility index (Phi) is 7.44. The van der Waals surface area contributed by atoms with Crippen molar-refractivity contribution < 1.29 is 22.1 Å². The van der Waals surface area contributed by atoms with Crippen molar-refractivity contribution in [3.05, 3.63) is 31.3 Å². The molecule has 0 amide bonds. The fourth-order valence-electron chi connectivity index (χ4n) is 1.12. The molecule has 0 atom stereocenters. The van der Waals surface area contributed by atoms with Crippen LogP contribution in [0.15, 0.2) is 26.2 Å². The van der Waals surface area contributed by atoms with E-state index in [2.05, 4.69) is 42.0 Å². The number of benzene rings is 1. The van der Waals surface area contributed by atoms with E-state index in [1.807, 2.05) is 0 Å². The number of azo groups is 1. The topological polar surface area (TPSA) is 66.6 Å². The van der Waals surface area contributed by atoms with E-state index in [0.717, 1.165) is 0 Å². The molecule has 1 aromatic carbocycles. The van der Waals surface area contributed by atoms with Crippen LogP contribution in [0.5, 0.6) is 0 Å². The second kappa shape index (κ2) is 7.87. The van der Waals surface area contributed by atoms with Gasteiger partial charge < -0.3 is 22.5 Å². The van der Waals surface area contributed by atoms with E-state index in [-0.39, 0.29) is 11.4 Å². The first-order valence-electron chi connectivity index (χ1n) is 5.66. The Hall–Kier alpha value is -1.22. The lowest BCUT2D eigenvalue weighted by Gasteiger charge is -2.08. The average molecular weight is 450 g/mol. The van der Waals surface area contributed by atoms with Crippen molar-refractivity contribution in [2.24, 2.45) is 5.11 Å². The second-order valence-electron chi connectivity index (χ2n) is 4.89. The normalized spacial score (nSPS) is 12.3. The van der Waals surface area contributed by atoms with Crippen LogP contribution in [-0.2, 0) is 0 Å². The first-order valence-corrected chi connectivity index (χ1v) is 7.24. The largest absolute Gasteiger partial charge is 0.673 e. The van der Waals surface area contributed by atoms with Gasteiger partial charge in [0.05, 0.1) is 0 Å². The number of nitrogens with zero attached hydrogens (tertiary/aromatic N) is 4. The Morgan fingerprint density at radius 1 is 1.23 bits per heavy atom. The van der Waals surface area contributed by atoms with Gasteiger partial charge in [0.15, 0.2) is 4.98 Å². The van der Waals surface area contributed by atoms with Crippen molar-refractivity contribution in [3.63, 3.8) is 0 Å². The van der Waals surface area contributed by atoms with E-state index in [1.165, 1.54) is 0 Å². The van der Waals surface area contributed by atoms with Crippen LogP contribution >= 0.6 is 31.9 Å². The Bertz CT molecular complexity index is 605. The van der Waals surface area contributed by atoms with Gasteiger partial charge in [-0.2, -0.15) is 0 Å². The summed E-state index contributed by atoms with van der Waals surface area (Å²) in [7, 11) is -6.00. The summed E-state index contributed by atoms with van der Waals surface area (Å²) < 4.78 is 40.2. The molecular weight excluding hydrogens is 439 g/mol. The Balaban J connectivity index is 0.000000763. The van der Waals surface area contributed by atoms with E-state index in [4.69, 9.17) is 5.39 Å². The van der Waals surface area contributed by atoms with E-state index >= 15 is 0 Å². The molecule has 0 fully saturated rings. The summed E-state index contributed by atoms with van der Waals surface area (Å²) in [6.07, 6.45) is 0. The fourth-order valence-corrected chi connectivity index (χ4v) is 2.41. The van der Waals surface area contributed by atoms with E-state index < -0.39 is 12.8 Å². The Morgan fingerprint density at radius 3 is 2.05 bits per heavy atom. The molecule has 0 spiro atoms. The standard InChI is InChI=1S/C10H11Br2N4O.BF4/c1-10(2,3)15-16(17)8-5-6(11)4-7(12)9(8)14-13;2-1(3,4)5/h4-5H,1-3H3;/q+1;-1. The summed E-state index contributed by atoms with van der Waals surface area (Å²) >= 11 is 6.48. The highest BCUT2D eigenvalue weighted by Gasteiger charge is 2.29. The molecule has 22 heavy (non-hydrogen) atoms. The smallest absolute Gasteiger partial charge is 0.594 e. The number of hydrogen-bond donors (Lipinski definition) is 0. The third-order valence-corrected chi connectivity index (χ3v) is 2.77. The zero-order chi connectivity index (χ0) is 17.7. The van der Waals surface area contributed by atoms with Crippen LogP contribution in [0, 0.1) is 10.6 Å². The highest BCUT2D eigenvalue weighted by atomic mass is 79.9. The average Bonchev–Trinajstić information content (AvgIpc) is 2.23. The van der Waals surface area contributed by atoms with Gasteiger partial charge in [0, 0.05) is 10.5 Å². The van der Waals surface area contributed by atoms with Gasteiger partial charge in [-0.05, 0) is 52.7 Å². The molecular formula is C10H11BBr2F4N4O. The van der Waals surface area contributed by atoms with Gasteiger partial charge in [-0.15, -0.1) is 0 Å². The summed E-state index contributed by atoms with van der Waals surface area (Å²) in [4.78, 5) is 3.56. The maximum absolute atomic E-state index is 11.9. The van der Waals surface area contributed by atoms with Gasteiger partial charge in [-0.3, -0.25) is 0 Å². The quantitative estimate of drug-likeness (QED) is 0.124. The van der Waals surface area contributed by atoms with E-state index in [0.29, 0.717) is 13.8 Å².